The van der Waals surface area contributed by atoms with Gasteiger partial charge in [0.2, 0.25) is 0 Å². The fourth-order valence-electron chi connectivity index (χ4n) is 2.76. The number of rotatable bonds is 6. The number of hydrogen-bond donors (Lipinski definition) is 2. The van der Waals surface area contributed by atoms with E-state index in [0.29, 0.717) is 24.4 Å². The molecule has 0 saturated carbocycles. The average molecular weight is 355 g/mol. The summed E-state index contributed by atoms with van der Waals surface area (Å²) in [7, 11) is 0. The van der Waals surface area contributed by atoms with Gasteiger partial charge in [0.05, 0.1) is 12.2 Å². The highest BCUT2D eigenvalue weighted by atomic mass is 19.3. The van der Waals surface area contributed by atoms with E-state index >= 15 is 0 Å². The molecule has 26 heavy (non-hydrogen) atoms. The number of aromatic nitrogens is 6. The van der Waals surface area contributed by atoms with Crippen LogP contribution in [-0.2, 0) is 13.1 Å². The Bertz CT molecular complexity index is 983. The largest absolute Gasteiger partial charge is 0.345 e. The van der Waals surface area contributed by atoms with Gasteiger partial charge >= 0.3 is 0 Å². The number of alkyl halides is 2. The highest BCUT2D eigenvalue weighted by Gasteiger charge is 2.20. The van der Waals surface area contributed by atoms with Crippen LogP contribution in [0.1, 0.15) is 23.5 Å². The fraction of sp³-hybridized carbons (Fsp3) is 0.176. The predicted molar refractivity (Wildman–Crippen MR) is 91.6 cm³/mol. The number of nitrogens with one attached hydrogen (secondary N) is 2. The third kappa shape index (κ3) is 3.23. The number of benzene rings is 1. The molecule has 0 saturated heterocycles. The van der Waals surface area contributed by atoms with E-state index in [1.165, 1.54) is 6.33 Å². The number of hydrogen-bond acceptors (Lipinski definition) is 5. The molecule has 0 fully saturated rings. The van der Waals surface area contributed by atoms with Crippen molar-refractivity contribution in [3.63, 3.8) is 0 Å². The van der Waals surface area contributed by atoms with Crippen molar-refractivity contribution in [3.05, 3.63) is 66.0 Å². The molecule has 132 valence electrons. The molecule has 0 radical (unpaired) electrons. The van der Waals surface area contributed by atoms with E-state index in [1.54, 1.807) is 6.20 Å². The number of H-pyrrole nitrogens is 2. The topological polar surface area (TPSA) is 86.4 Å². The molecule has 0 atom stereocenters. The molecule has 3 aromatic heterocycles. The molecule has 0 amide bonds. The lowest BCUT2D eigenvalue weighted by atomic mass is 10.2. The van der Waals surface area contributed by atoms with Gasteiger partial charge in [-0.1, -0.05) is 30.3 Å². The maximum absolute atomic E-state index is 13.0. The highest BCUT2D eigenvalue weighted by molar-refractivity contribution is 5.83. The number of anilines is 1. The maximum Gasteiger partial charge on any atom is 0.295 e. The minimum atomic E-state index is -2.70. The van der Waals surface area contributed by atoms with Gasteiger partial charge in [-0.15, -0.1) is 0 Å². The quantitative estimate of drug-likeness (QED) is 0.555. The van der Waals surface area contributed by atoms with Crippen molar-refractivity contribution in [2.75, 3.05) is 4.90 Å². The van der Waals surface area contributed by atoms with Gasteiger partial charge in [-0.2, -0.15) is 5.10 Å². The van der Waals surface area contributed by atoms with Gasteiger partial charge in [0.25, 0.3) is 6.43 Å². The van der Waals surface area contributed by atoms with Gasteiger partial charge in [-0.25, -0.2) is 23.7 Å². The first-order valence-electron chi connectivity index (χ1n) is 7.96. The molecule has 0 aliphatic heterocycles. The summed E-state index contributed by atoms with van der Waals surface area (Å²) in [5.41, 5.74) is 2.54. The van der Waals surface area contributed by atoms with Crippen LogP contribution in [0.25, 0.3) is 11.2 Å². The van der Waals surface area contributed by atoms with Crippen LogP contribution in [0.2, 0.25) is 0 Å². The zero-order chi connectivity index (χ0) is 17.9. The third-order valence-corrected chi connectivity index (χ3v) is 3.93. The SMILES string of the molecule is FC(F)c1nc2ncnc(N(Cc3ccccc3)Cc3ccn[nH]3)c2[nH]1. The summed E-state index contributed by atoms with van der Waals surface area (Å²) in [6.45, 7) is 1.01. The molecule has 7 nitrogen and oxygen atoms in total. The molecule has 4 aromatic rings. The van der Waals surface area contributed by atoms with Crippen LogP contribution in [0.3, 0.4) is 0 Å². The fourth-order valence-corrected chi connectivity index (χ4v) is 2.76. The molecule has 0 aliphatic rings. The lowest BCUT2D eigenvalue weighted by Crippen LogP contribution is -2.24. The maximum atomic E-state index is 13.0. The number of fused-ring (bicyclic) bond motifs is 1. The second kappa shape index (κ2) is 6.87. The van der Waals surface area contributed by atoms with E-state index in [1.807, 2.05) is 41.3 Å². The van der Waals surface area contributed by atoms with Gasteiger partial charge in [0.1, 0.15) is 11.8 Å². The molecule has 0 spiro atoms. The normalized spacial score (nSPS) is 11.3. The van der Waals surface area contributed by atoms with Crippen molar-refractivity contribution in [3.8, 4) is 0 Å². The number of aromatic amines is 2. The van der Waals surface area contributed by atoms with Crippen molar-refractivity contribution < 1.29 is 8.78 Å². The standard InChI is InChI=1S/C17H15F2N7/c18-14(19)16-23-13-15(24-16)20-10-21-17(13)26(9-12-6-7-22-25-12)8-11-4-2-1-3-5-11/h1-7,10,14H,8-9H2,(H,22,25)(H,20,21,23,24). The van der Waals surface area contributed by atoms with Crippen molar-refractivity contribution in [2.45, 2.75) is 19.5 Å². The molecular weight excluding hydrogens is 340 g/mol. The zero-order valence-electron chi connectivity index (χ0n) is 13.6. The van der Waals surface area contributed by atoms with Crippen LogP contribution in [-0.4, -0.2) is 30.1 Å². The van der Waals surface area contributed by atoms with Gasteiger partial charge < -0.3 is 9.88 Å². The van der Waals surface area contributed by atoms with E-state index in [4.69, 9.17) is 0 Å². The van der Waals surface area contributed by atoms with E-state index < -0.39 is 12.2 Å². The average Bonchev–Trinajstić information content (AvgIpc) is 3.31. The van der Waals surface area contributed by atoms with Crippen LogP contribution >= 0.6 is 0 Å². The second-order valence-corrected chi connectivity index (χ2v) is 5.74. The van der Waals surface area contributed by atoms with Crippen LogP contribution in [0.15, 0.2) is 48.9 Å². The summed E-state index contributed by atoms with van der Waals surface area (Å²) in [5, 5.41) is 6.88. The molecule has 1 aromatic carbocycles. The third-order valence-electron chi connectivity index (χ3n) is 3.93. The molecule has 0 aliphatic carbocycles. The Kier molecular flexibility index (Phi) is 4.26. The van der Waals surface area contributed by atoms with E-state index in [-0.39, 0.29) is 5.65 Å². The van der Waals surface area contributed by atoms with Crippen molar-refractivity contribution >= 4 is 17.0 Å². The Hall–Kier alpha value is -3.36. The summed E-state index contributed by atoms with van der Waals surface area (Å²) in [6.07, 6.45) is 0.294. The minimum absolute atomic E-state index is 0.216. The summed E-state index contributed by atoms with van der Waals surface area (Å²) < 4.78 is 26.0. The summed E-state index contributed by atoms with van der Waals surface area (Å²) in [5.74, 6) is 0.0933. The lowest BCUT2D eigenvalue weighted by Gasteiger charge is -2.23. The molecule has 2 N–H and O–H groups in total. The first-order valence-corrected chi connectivity index (χ1v) is 7.96. The summed E-state index contributed by atoms with van der Waals surface area (Å²) in [4.78, 5) is 16.8. The Morgan fingerprint density at radius 3 is 2.62 bits per heavy atom. The highest BCUT2D eigenvalue weighted by Crippen LogP contribution is 2.26. The zero-order valence-corrected chi connectivity index (χ0v) is 13.6. The molecule has 0 unspecified atom stereocenters. The van der Waals surface area contributed by atoms with E-state index in [9.17, 15) is 8.78 Å². The van der Waals surface area contributed by atoms with Crippen molar-refractivity contribution in [1.29, 1.82) is 0 Å². The van der Waals surface area contributed by atoms with E-state index in [0.717, 1.165) is 11.3 Å². The van der Waals surface area contributed by atoms with E-state index in [2.05, 4.69) is 30.1 Å². The first kappa shape index (κ1) is 16.1. The van der Waals surface area contributed by atoms with Crippen molar-refractivity contribution in [2.24, 2.45) is 0 Å². The summed E-state index contributed by atoms with van der Waals surface area (Å²) >= 11 is 0. The van der Waals surface area contributed by atoms with Gasteiger partial charge in [0.15, 0.2) is 17.3 Å². The summed E-state index contributed by atoms with van der Waals surface area (Å²) in [6, 6.07) is 11.7. The second-order valence-electron chi connectivity index (χ2n) is 5.74. The van der Waals surface area contributed by atoms with Crippen LogP contribution in [0.4, 0.5) is 14.6 Å². The van der Waals surface area contributed by atoms with Gasteiger partial charge in [-0.05, 0) is 11.6 Å². The van der Waals surface area contributed by atoms with Crippen LogP contribution < -0.4 is 4.90 Å². The number of halogens is 2. The molecule has 3 heterocycles. The van der Waals surface area contributed by atoms with Crippen LogP contribution in [0, 0.1) is 0 Å². The van der Waals surface area contributed by atoms with Crippen LogP contribution in [0.5, 0.6) is 0 Å². The number of nitrogens with zero attached hydrogens (tertiary/aromatic N) is 5. The molecule has 4 rings (SSSR count). The van der Waals surface area contributed by atoms with Crippen molar-refractivity contribution in [1.82, 2.24) is 30.1 Å². The Morgan fingerprint density at radius 1 is 1.04 bits per heavy atom. The Labute approximate surface area is 147 Å². The first-order chi connectivity index (χ1) is 12.7. The molecule has 0 bridgehead atoms. The Morgan fingerprint density at radius 2 is 1.88 bits per heavy atom. The van der Waals surface area contributed by atoms with Gasteiger partial charge in [-0.3, -0.25) is 5.10 Å². The van der Waals surface area contributed by atoms with Gasteiger partial charge in [0, 0.05) is 12.7 Å². The lowest BCUT2D eigenvalue weighted by molar-refractivity contribution is 0.142. The molecular formula is C17H15F2N7. The number of imidazole rings is 1. The smallest absolute Gasteiger partial charge is 0.295 e. The monoisotopic (exact) mass is 355 g/mol. The molecule has 9 heteroatoms. The predicted octanol–water partition coefficient (Wildman–Crippen LogP) is 3.22. The minimum Gasteiger partial charge on any atom is -0.345 e. The Balaban J connectivity index is 1.76.